The smallest absolute Gasteiger partial charge is 0.0360 e. The normalized spacial score (nSPS) is 42.5. The summed E-state index contributed by atoms with van der Waals surface area (Å²) in [5.74, 6) is 9.62. The molecule has 0 aromatic carbocycles. The highest BCUT2D eigenvalue weighted by Crippen LogP contribution is 2.48. The predicted molar refractivity (Wildman–Crippen MR) is 141 cm³/mol. The molecule has 0 radical (unpaired) electrons. The molecule has 4 fully saturated rings. The zero-order valence-corrected chi connectivity index (χ0v) is 22.3. The van der Waals surface area contributed by atoms with E-state index in [1.54, 1.807) is 89.9 Å². The van der Waals surface area contributed by atoms with E-state index in [0.29, 0.717) is 0 Å². The molecule has 0 heterocycles. The molecule has 0 nitrogen and oxygen atoms in total. The van der Waals surface area contributed by atoms with E-state index >= 15 is 0 Å². The predicted octanol–water partition coefficient (Wildman–Crippen LogP) is 10.4. The largest absolute Gasteiger partial charge is 0.0654 e. The Hall–Kier alpha value is 0. The van der Waals surface area contributed by atoms with Crippen molar-refractivity contribution < 1.29 is 0 Å². The number of hydrogen-bond acceptors (Lipinski definition) is 0. The van der Waals surface area contributed by atoms with Gasteiger partial charge in [0.25, 0.3) is 0 Å². The van der Waals surface area contributed by atoms with Gasteiger partial charge in [0.05, 0.1) is 0 Å². The summed E-state index contributed by atoms with van der Waals surface area (Å²) in [6.07, 6.45) is 30.9. The first-order chi connectivity index (χ1) is 15.7. The summed E-state index contributed by atoms with van der Waals surface area (Å²) in [7, 11) is 0. The SMILES string of the molecule is CCCC1CCC(CC2CCC(C3CCC(C4CC4)CC(CC)CCCC3C)CC2)CC1. The van der Waals surface area contributed by atoms with Crippen LogP contribution in [0.5, 0.6) is 0 Å². The Morgan fingerprint density at radius 2 is 1.12 bits per heavy atom. The van der Waals surface area contributed by atoms with E-state index in [9.17, 15) is 0 Å². The molecule has 0 bridgehead atoms. The Kier molecular flexibility index (Phi) is 9.91. The van der Waals surface area contributed by atoms with Gasteiger partial charge in [-0.3, -0.25) is 0 Å². The molecule has 0 aromatic rings. The van der Waals surface area contributed by atoms with Gasteiger partial charge in [-0.1, -0.05) is 97.8 Å². The van der Waals surface area contributed by atoms with Crippen molar-refractivity contribution in [2.24, 2.45) is 53.3 Å². The topological polar surface area (TPSA) is 0 Å². The Bertz CT molecular complexity index is 502. The van der Waals surface area contributed by atoms with Gasteiger partial charge in [0.2, 0.25) is 0 Å². The van der Waals surface area contributed by atoms with E-state index in [2.05, 4.69) is 20.8 Å². The highest BCUT2D eigenvalue weighted by molar-refractivity contribution is 4.88. The minimum Gasteiger partial charge on any atom is -0.0654 e. The van der Waals surface area contributed by atoms with Crippen LogP contribution in [0.3, 0.4) is 0 Å². The molecular formula is C32H58. The van der Waals surface area contributed by atoms with Crippen LogP contribution in [0.1, 0.15) is 149 Å². The van der Waals surface area contributed by atoms with Crippen LogP contribution in [0.15, 0.2) is 0 Å². The molecule has 4 rings (SSSR count). The molecule has 32 heavy (non-hydrogen) atoms. The van der Waals surface area contributed by atoms with E-state index in [-0.39, 0.29) is 0 Å². The van der Waals surface area contributed by atoms with Gasteiger partial charge < -0.3 is 0 Å². The Morgan fingerprint density at radius 1 is 0.531 bits per heavy atom. The summed E-state index contributed by atoms with van der Waals surface area (Å²) >= 11 is 0. The third-order valence-corrected chi connectivity index (χ3v) is 11.2. The Labute approximate surface area is 202 Å². The van der Waals surface area contributed by atoms with Crippen molar-refractivity contribution in [2.45, 2.75) is 149 Å². The van der Waals surface area contributed by atoms with Crippen LogP contribution in [-0.2, 0) is 0 Å². The monoisotopic (exact) mass is 442 g/mol. The lowest BCUT2D eigenvalue weighted by molar-refractivity contribution is 0.112. The summed E-state index contributed by atoms with van der Waals surface area (Å²) in [6.45, 7) is 7.49. The molecule has 0 N–H and O–H groups in total. The first kappa shape index (κ1) is 25.1. The molecule has 4 unspecified atom stereocenters. The highest BCUT2D eigenvalue weighted by atomic mass is 14.4. The fourth-order valence-corrected chi connectivity index (χ4v) is 8.85. The van der Waals surface area contributed by atoms with Crippen LogP contribution in [0, 0.1) is 53.3 Å². The molecule has 0 heteroatoms. The van der Waals surface area contributed by atoms with Crippen LogP contribution in [0.4, 0.5) is 0 Å². The van der Waals surface area contributed by atoms with Crippen LogP contribution >= 0.6 is 0 Å². The quantitative estimate of drug-likeness (QED) is 0.368. The number of hydrogen-bond donors (Lipinski definition) is 0. The van der Waals surface area contributed by atoms with Crippen LogP contribution in [-0.4, -0.2) is 0 Å². The lowest BCUT2D eigenvalue weighted by Crippen LogP contribution is -2.29. The fraction of sp³-hybridized carbons (Fsp3) is 1.00. The van der Waals surface area contributed by atoms with E-state index in [1.165, 1.54) is 38.5 Å². The van der Waals surface area contributed by atoms with Gasteiger partial charge in [0.1, 0.15) is 0 Å². The average molecular weight is 443 g/mol. The van der Waals surface area contributed by atoms with Gasteiger partial charge in [0, 0.05) is 0 Å². The zero-order chi connectivity index (χ0) is 22.3. The summed E-state index contributed by atoms with van der Waals surface area (Å²) in [5.41, 5.74) is 0. The molecular weight excluding hydrogens is 384 g/mol. The van der Waals surface area contributed by atoms with Crippen molar-refractivity contribution >= 4 is 0 Å². The molecule has 0 aliphatic heterocycles. The van der Waals surface area contributed by atoms with Crippen LogP contribution < -0.4 is 0 Å². The third-order valence-electron chi connectivity index (χ3n) is 11.2. The summed E-state index contributed by atoms with van der Waals surface area (Å²) in [6, 6.07) is 0. The first-order valence-corrected chi connectivity index (χ1v) is 15.7. The minimum absolute atomic E-state index is 0.987. The third kappa shape index (κ3) is 7.25. The van der Waals surface area contributed by atoms with E-state index in [1.807, 2.05) is 0 Å². The second kappa shape index (κ2) is 12.6. The lowest BCUT2D eigenvalue weighted by Gasteiger charge is -2.40. The van der Waals surface area contributed by atoms with Crippen molar-refractivity contribution in [3.8, 4) is 0 Å². The molecule has 186 valence electrons. The van der Waals surface area contributed by atoms with Gasteiger partial charge >= 0.3 is 0 Å². The van der Waals surface area contributed by atoms with Crippen LogP contribution in [0.2, 0.25) is 0 Å². The second-order valence-electron chi connectivity index (χ2n) is 13.4. The van der Waals surface area contributed by atoms with Crippen molar-refractivity contribution in [1.82, 2.24) is 0 Å². The molecule has 0 aromatic heterocycles. The van der Waals surface area contributed by atoms with Gasteiger partial charge in [-0.05, 0) is 105 Å². The Morgan fingerprint density at radius 3 is 1.75 bits per heavy atom. The van der Waals surface area contributed by atoms with Gasteiger partial charge in [-0.2, -0.15) is 0 Å². The van der Waals surface area contributed by atoms with Crippen molar-refractivity contribution in [2.75, 3.05) is 0 Å². The molecule has 0 saturated heterocycles. The van der Waals surface area contributed by atoms with Gasteiger partial charge in [-0.25, -0.2) is 0 Å². The maximum absolute atomic E-state index is 2.65. The van der Waals surface area contributed by atoms with E-state index in [4.69, 9.17) is 0 Å². The second-order valence-corrected chi connectivity index (χ2v) is 13.4. The van der Waals surface area contributed by atoms with Crippen molar-refractivity contribution in [3.63, 3.8) is 0 Å². The maximum atomic E-state index is 2.65. The molecule has 4 saturated carbocycles. The zero-order valence-electron chi connectivity index (χ0n) is 22.3. The Balaban J connectivity index is 1.24. The molecule has 4 aliphatic rings. The van der Waals surface area contributed by atoms with Crippen molar-refractivity contribution in [3.05, 3.63) is 0 Å². The van der Waals surface area contributed by atoms with E-state index in [0.717, 1.165) is 53.3 Å². The fourth-order valence-electron chi connectivity index (χ4n) is 8.85. The molecule has 0 amide bonds. The molecule has 4 atom stereocenters. The summed E-state index contributed by atoms with van der Waals surface area (Å²) < 4.78 is 0. The summed E-state index contributed by atoms with van der Waals surface area (Å²) in [5, 5.41) is 0. The first-order valence-electron chi connectivity index (χ1n) is 15.7. The van der Waals surface area contributed by atoms with Gasteiger partial charge in [-0.15, -0.1) is 0 Å². The van der Waals surface area contributed by atoms with Crippen LogP contribution in [0.25, 0.3) is 0 Å². The number of rotatable bonds is 7. The standard InChI is InChI=1S/C32H58/c1-4-7-26-10-12-27(13-11-26)22-28-14-16-30(17-15-28)32-21-20-31(29-18-19-29)23-25(5-2)9-6-8-24(32)3/h24-32H,4-23H2,1-3H3. The highest BCUT2D eigenvalue weighted by Gasteiger charge is 2.36. The lowest BCUT2D eigenvalue weighted by atomic mass is 9.66. The van der Waals surface area contributed by atoms with Gasteiger partial charge in [0.15, 0.2) is 0 Å². The molecule has 4 aliphatic carbocycles. The molecule has 0 spiro atoms. The van der Waals surface area contributed by atoms with Crippen molar-refractivity contribution in [1.29, 1.82) is 0 Å². The summed E-state index contributed by atoms with van der Waals surface area (Å²) in [4.78, 5) is 0. The van der Waals surface area contributed by atoms with E-state index < -0.39 is 0 Å². The maximum Gasteiger partial charge on any atom is -0.0360 e. The minimum atomic E-state index is 0.987. The average Bonchev–Trinajstić information content (AvgIpc) is 3.65.